The zero-order chi connectivity index (χ0) is 18.5. The van der Waals surface area contributed by atoms with E-state index in [1.165, 1.54) is 16.2 Å². The Kier molecular flexibility index (Phi) is 6.45. The lowest BCUT2D eigenvalue weighted by Crippen LogP contribution is -2.27. The van der Waals surface area contributed by atoms with Crippen LogP contribution in [0.2, 0.25) is 0 Å². The molecule has 3 rings (SSSR count). The number of ether oxygens (including phenoxy) is 1. The number of amides is 2. The average Bonchev–Trinajstić information content (AvgIpc) is 3.21. The van der Waals surface area contributed by atoms with Crippen molar-refractivity contribution in [1.82, 2.24) is 5.32 Å². The number of nitrogens with one attached hydrogen (secondary N) is 2. The predicted octanol–water partition coefficient (Wildman–Crippen LogP) is 4.02. The van der Waals surface area contributed by atoms with Crippen LogP contribution in [0, 0.1) is 6.92 Å². The maximum absolute atomic E-state index is 12.8. The SMILES string of the molecule is COCCCNC(=O)c1c(NC(=O)c2sccc2C)sc2c1CCCC2. The Balaban J connectivity index is 1.82. The Bertz CT molecular complexity index is 795. The van der Waals surface area contributed by atoms with Gasteiger partial charge < -0.3 is 15.4 Å². The van der Waals surface area contributed by atoms with E-state index < -0.39 is 0 Å². The normalized spacial score (nSPS) is 13.3. The second-order valence-electron chi connectivity index (χ2n) is 6.40. The first-order valence-corrected chi connectivity index (χ1v) is 10.6. The molecule has 0 aliphatic heterocycles. The van der Waals surface area contributed by atoms with Crippen molar-refractivity contribution < 1.29 is 14.3 Å². The summed E-state index contributed by atoms with van der Waals surface area (Å²) in [6.45, 7) is 3.10. The van der Waals surface area contributed by atoms with Crippen LogP contribution in [0.4, 0.5) is 5.00 Å². The second-order valence-corrected chi connectivity index (χ2v) is 8.43. The van der Waals surface area contributed by atoms with Crippen molar-refractivity contribution in [2.24, 2.45) is 0 Å². The zero-order valence-electron chi connectivity index (χ0n) is 15.1. The molecule has 2 N–H and O–H groups in total. The number of thiophene rings is 2. The number of anilines is 1. The standard InChI is InChI=1S/C19H24N2O3S2/c1-12-8-11-25-16(12)18(23)21-19-15(17(22)20-9-5-10-24-2)13-6-3-4-7-14(13)26-19/h8,11H,3-7,9-10H2,1-2H3,(H,20,22)(H,21,23). The van der Waals surface area contributed by atoms with Gasteiger partial charge in [0.1, 0.15) is 5.00 Å². The third-order valence-corrected chi connectivity index (χ3v) is 6.73. The third-order valence-electron chi connectivity index (χ3n) is 4.50. The van der Waals surface area contributed by atoms with Gasteiger partial charge in [0.15, 0.2) is 0 Å². The number of carbonyl (C=O) groups excluding carboxylic acids is 2. The van der Waals surface area contributed by atoms with Crippen LogP contribution in [0.25, 0.3) is 0 Å². The Hall–Kier alpha value is -1.70. The molecule has 1 aliphatic rings. The summed E-state index contributed by atoms with van der Waals surface area (Å²) in [5.74, 6) is -0.233. The molecule has 7 heteroatoms. The molecule has 0 saturated heterocycles. The van der Waals surface area contributed by atoms with Crippen LogP contribution < -0.4 is 10.6 Å². The number of rotatable bonds is 7. The zero-order valence-corrected chi connectivity index (χ0v) is 16.8. The van der Waals surface area contributed by atoms with Crippen molar-refractivity contribution in [3.05, 3.63) is 37.9 Å². The molecule has 2 aromatic heterocycles. The fourth-order valence-corrected chi connectivity index (χ4v) is 5.27. The molecule has 0 atom stereocenters. The van der Waals surface area contributed by atoms with Gasteiger partial charge in [0.25, 0.3) is 11.8 Å². The topological polar surface area (TPSA) is 67.4 Å². The minimum atomic E-state index is -0.135. The lowest BCUT2D eigenvalue weighted by Gasteiger charge is -2.13. The molecule has 2 amide bonds. The highest BCUT2D eigenvalue weighted by Gasteiger charge is 2.26. The van der Waals surface area contributed by atoms with Crippen LogP contribution in [-0.2, 0) is 17.6 Å². The summed E-state index contributed by atoms with van der Waals surface area (Å²) in [6, 6.07) is 1.93. The van der Waals surface area contributed by atoms with Crippen LogP contribution in [0.3, 0.4) is 0 Å². The fourth-order valence-electron chi connectivity index (χ4n) is 3.17. The van der Waals surface area contributed by atoms with Crippen LogP contribution in [-0.4, -0.2) is 32.1 Å². The van der Waals surface area contributed by atoms with Crippen molar-refractivity contribution in [3.63, 3.8) is 0 Å². The van der Waals surface area contributed by atoms with Gasteiger partial charge in [-0.05, 0) is 61.6 Å². The molecular formula is C19H24N2O3S2. The van der Waals surface area contributed by atoms with E-state index >= 15 is 0 Å². The molecule has 0 unspecified atom stereocenters. The fraction of sp³-hybridized carbons (Fsp3) is 0.474. The smallest absolute Gasteiger partial charge is 0.266 e. The Morgan fingerprint density at radius 1 is 1.23 bits per heavy atom. The summed E-state index contributed by atoms with van der Waals surface area (Å²) in [5.41, 5.74) is 2.73. The second kappa shape index (κ2) is 8.79. The van der Waals surface area contributed by atoms with E-state index in [4.69, 9.17) is 4.74 Å². The van der Waals surface area contributed by atoms with Crippen molar-refractivity contribution >= 4 is 39.5 Å². The van der Waals surface area contributed by atoms with Crippen molar-refractivity contribution in [2.45, 2.75) is 39.0 Å². The monoisotopic (exact) mass is 392 g/mol. The average molecular weight is 393 g/mol. The van der Waals surface area contributed by atoms with Gasteiger partial charge >= 0.3 is 0 Å². The minimum Gasteiger partial charge on any atom is -0.385 e. The van der Waals surface area contributed by atoms with Gasteiger partial charge in [0.05, 0.1) is 10.4 Å². The highest BCUT2D eigenvalue weighted by molar-refractivity contribution is 7.17. The molecule has 0 fully saturated rings. The minimum absolute atomic E-state index is 0.0984. The summed E-state index contributed by atoms with van der Waals surface area (Å²) in [5, 5.41) is 8.56. The molecule has 1 aliphatic carbocycles. The van der Waals surface area contributed by atoms with Gasteiger partial charge in [-0.1, -0.05) is 0 Å². The van der Waals surface area contributed by atoms with Crippen molar-refractivity contribution in [2.75, 3.05) is 25.6 Å². The predicted molar refractivity (Wildman–Crippen MR) is 107 cm³/mol. The van der Waals surface area contributed by atoms with E-state index in [1.54, 1.807) is 18.4 Å². The summed E-state index contributed by atoms with van der Waals surface area (Å²) in [7, 11) is 1.65. The number of fused-ring (bicyclic) bond motifs is 1. The van der Waals surface area contributed by atoms with E-state index in [0.717, 1.165) is 43.2 Å². The highest BCUT2D eigenvalue weighted by atomic mass is 32.1. The van der Waals surface area contributed by atoms with Crippen LogP contribution >= 0.6 is 22.7 Å². The maximum Gasteiger partial charge on any atom is 0.266 e. The first kappa shape index (κ1) is 19.1. The van der Waals surface area contributed by atoms with Crippen LogP contribution in [0.5, 0.6) is 0 Å². The Labute approximate surface area is 161 Å². The molecule has 0 bridgehead atoms. The summed E-state index contributed by atoms with van der Waals surface area (Å²) in [6.07, 6.45) is 4.88. The molecule has 26 heavy (non-hydrogen) atoms. The van der Waals surface area contributed by atoms with Gasteiger partial charge in [-0.15, -0.1) is 22.7 Å². The van der Waals surface area contributed by atoms with E-state index in [0.29, 0.717) is 28.6 Å². The molecule has 140 valence electrons. The molecule has 0 saturated carbocycles. The lowest BCUT2D eigenvalue weighted by molar-refractivity contribution is 0.0948. The van der Waals surface area contributed by atoms with E-state index in [9.17, 15) is 9.59 Å². The van der Waals surface area contributed by atoms with E-state index in [1.807, 2.05) is 18.4 Å². The number of methoxy groups -OCH3 is 1. The number of hydrogen-bond acceptors (Lipinski definition) is 5. The molecule has 0 radical (unpaired) electrons. The third kappa shape index (κ3) is 4.16. The molecule has 0 aromatic carbocycles. The highest BCUT2D eigenvalue weighted by Crippen LogP contribution is 2.38. The quantitative estimate of drug-likeness (QED) is 0.700. The van der Waals surface area contributed by atoms with Gasteiger partial charge in [0, 0.05) is 25.1 Å². The summed E-state index contributed by atoms with van der Waals surface area (Å²) < 4.78 is 5.03. The van der Waals surface area contributed by atoms with Gasteiger partial charge in [-0.25, -0.2) is 0 Å². The lowest BCUT2D eigenvalue weighted by atomic mass is 9.95. The Morgan fingerprint density at radius 2 is 2.04 bits per heavy atom. The number of carbonyl (C=O) groups is 2. The molecule has 2 heterocycles. The van der Waals surface area contributed by atoms with Gasteiger partial charge in [-0.2, -0.15) is 0 Å². The number of aryl methyl sites for hydroxylation is 2. The van der Waals surface area contributed by atoms with E-state index in [-0.39, 0.29) is 11.8 Å². The van der Waals surface area contributed by atoms with Crippen molar-refractivity contribution in [1.29, 1.82) is 0 Å². The van der Waals surface area contributed by atoms with E-state index in [2.05, 4.69) is 10.6 Å². The number of hydrogen-bond donors (Lipinski definition) is 2. The Morgan fingerprint density at radius 3 is 2.77 bits per heavy atom. The maximum atomic E-state index is 12.8. The summed E-state index contributed by atoms with van der Waals surface area (Å²) >= 11 is 2.98. The molecule has 5 nitrogen and oxygen atoms in total. The van der Waals surface area contributed by atoms with Gasteiger partial charge in [0.2, 0.25) is 0 Å². The summed E-state index contributed by atoms with van der Waals surface area (Å²) in [4.78, 5) is 27.4. The first-order valence-electron chi connectivity index (χ1n) is 8.89. The van der Waals surface area contributed by atoms with Crippen LogP contribution in [0.1, 0.15) is 55.3 Å². The molecule has 0 spiro atoms. The van der Waals surface area contributed by atoms with Gasteiger partial charge in [-0.3, -0.25) is 9.59 Å². The van der Waals surface area contributed by atoms with Crippen molar-refractivity contribution in [3.8, 4) is 0 Å². The molecular weight excluding hydrogens is 368 g/mol. The molecule has 2 aromatic rings. The van der Waals surface area contributed by atoms with Crippen LogP contribution in [0.15, 0.2) is 11.4 Å². The largest absolute Gasteiger partial charge is 0.385 e. The first-order chi connectivity index (χ1) is 12.6.